The average molecular weight is 186 g/mol. The van der Waals surface area contributed by atoms with E-state index in [1.54, 1.807) is 0 Å². The van der Waals surface area contributed by atoms with Crippen molar-refractivity contribution in [2.24, 2.45) is 5.73 Å². The first-order chi connectivity index (χ1) is 4.72. The number of methoxy groups -OCH3 is 1. The number of carbonyl (C=O) groups is 1. The zero-order chi connectivity index (χ0) is 7.98. The van der Waals surface area contributed by atoms with Gasteiger partial charge in [-0.3, -0.25) is 9.18 Å². The Bertz CT molecular complexity index is 113. The van der Waals surface area contributed by atoms with Crippen LogP contribution in [0.3, 0.4) is 0 Å². The van der Waals surface area contributed by atoms with Crippen LogP contribution in [-0.4, -0.2) is 25.8 Å². The predicted molar refractivity (Wildman–Crippen MR) is 42.4 cm³/mol. The fourth-order valence-corrected chi connectivity index (χ4v) is 0.566. The van der Waals surface area contributed by atoms with Gasteiger partial charge < -0.3 is 10.5 Å². The smallest absolute Gasteiger partial charge is 0.322 e. The van der Waals surface area contributed by atoms with Gasteiger partial charge in [-0.25, -0.2) is 0 Å². The molecule has 0 aromatic heterocycles. The molecule has 0 aliphatic carbocycles. The highest BCUT2D eigenvalue weighted by Gasteiger charge is 2.11. The third-order valence-corrected chi connectivity index (χ3v) is 1.15. The lowest BCUT2D eigenvalue weighted by atomic mass is 10.2. The van der Waals surface area contributed by atoms with E-state index in [1.165, 1.54) is 7.11 Å². The highest BCUT2D eigenvalue weighted by Crippen LogP contribution is 1.96. The molecule has 0 saturated heterocycles. The van der Waals surface area contributed by atoms with E-state index in [2.05, 4.69) is 4.74 Å². The fraction of sp³-hybridized carbons (Fsp3) is 0.833. The minimum absolute atomic E-state index is 0. The van der Waals surface area contributed by atoms with E-state index in [-0.39, 0.29) is 12.4 Å². The molecule has 0 aliphatic heterocycles. The molecule has 0 radical (unpaired) electrons. The summed E-state index contributed by atoms with van der Waals surface area (Å²) >= 11 is 0. The highest BCUT2D eigenvalue weighted by atomic mass is 35.5. The van der Waals surface area contributed by atoms with Gasteiger partial charge in [-0.2, -0.15) is 0 Å². The number of carbonyl (C=O) groups excluding carboxylic acids is 1. The quantitative estimate of drug-likeness (QED) is 0.655. The Morgan fingerprint density at radius 2 is 2.27 bits per heavy atom. The minimum atomic E-state index is -0.666. The van der Waals surface area contributed by atoms with Crippen LogP contribution in [0.4, 0.5) is 4.39 Å². The molecule has 3 nitrogen and oxygen atoms in total. The van der Waals surface area contributed by atoms with Crippen molar-refractivity contribution in [3.05, 3.63) is 0 Å². The van der Waals surface area contributed by atoms with Crippen LogP contribution >= 0.6 is 12.4 Å². The lowest BCUT2D eigenvalue weighted by Crippen LogP contribution is -2.31. The first-order valence-electron chi connectivity index (χ1n) is 3.11. The summed E-state index contributed by atoms with van der Waals surface area (Å²) in [5.41, 5.74) is 5.27. The molecule has 0 rings (SSSR count). The van der Waals surface area contributed by atoms with Crippen molar-refractivity contribution in [2.75, 3.05) is 13.8 Å². The van der Waals surface area contributed by atoms with E-state index in [0.717, 1.165) is 0 Å². The molecule has 5 heteroatoms. The van der Waals surface area contributed by atoms with Gasteiger partial charge in [-0.1, -0.05) is 0 Å². The zero-order valence-electron chi connectivity index (χ0n) is 6.38. The molecule has 0 amide bonds. The minimum Gasteiger partial charge on any atom is -0.468 e. The van der Waals surface area contributed by atoms with Crippen molar-refractivity contribution in [1.82, 2.24) is 0 Å². The van der Waals surface area contributed by atoms with Crippen LogP contribution in [0.15, 0.2) is 0 Å². The van der Waals surface area contributed by atoms with E-state index in [9.17, 15) is 9.18 Å². The Morgan fingerprint density at radius 1 is 1.73 bits per heavy atom. The molecule has 2 N–H and O–H groups in total. The molecule has 11 heavy (non-hydrogen) atoms. The van der Waals surface area contributed by atoms with Crippen molar-refractivity contribution in [3.8, 4) is 0 Å². The molecule has 1 atom stereocenters. The summed E-state index contributed by atoms with van der Waals surface area (Å²) in [4.78, 5) is 10.5. The van der Waals surface area contributed by atoms with Gasteiger partial charge in [0.1, 0.15) is 6.04 Å². The third kappa shape index (κ3) is 6.06. The van der Waals surface area contributed by atoms with E-state index >= 15 is 0 Å². The van der Waals surface area contributed by atoms with Gasteiger partial charge in [0, 0.05) is 0 Å². The molecule has 0 fully saturated rings. The van der Waals surface area contributed by atoms with E-state index < -0.39 is 18.7 Å². The highest BCUT2D eigenvalue weighted by molar-refractivity contribution is 5.85. The summed E-state index contributed by atoms with van der Waals surface area (Å²) in [6.45, 7) is -0.440. The molecule has 1 unspecified atom stereocenters. The van der Waals surface area contributed by atoms with Crippen LogP contribution in [0.1, 0.15) is 12.8 Å². The molecule has 0 saturated carbocycles. The van der Waals surface area contributed by atoms with Gasteiger partial charge in [-0.15, -0.1) is 12.4 Å². The number of halogens is 2. The van der Waals surface area contributed by atoms with Crippen LogP contribution in [0.2, 0.25) is 0 Å². The van der Waals surface area contributed by atoms with Gasteiger partial charge in [0.2, 0.25) is 0 Å². The molecule has 0 aliphatic rings. The van der Waals surface area contributed by atoms with Crippen molar-refractivity contribution in [2.45, 2.75) is 18.9 Å². The second-order valence-corrected chi connectivity index (χ2v) is 1.96. The Labute approximate surface area is 71.5 Å². The Balaban J connectivity index is 0. The Hall–Kier alpha value is -0.350. The van der Waals surface area contributed by atoms with Crippen LogP contribution in [0, 0.1) is 0 Å². The van der Waals surface area contributed by atoms with Gasteiger partial charge in [0.25, 0.3) is 0 Å². The molecule has 0 bridgehead atoms. The Kier molecular flexibility index (Phi) is 9.34. The molecule has 68 valence electrons. The standard InChI is InChI=1S/C6H12FNO2.ClH/c1-10-6(9)5(8)3-2-4-7;/h5H,2-4,8H2,1H3;1H. The van der Waals surface area contributed by atoms with E-state index in [4.69, 9.17) is 5.73 Å². The van der Waals surface area contributed by atoms with Crippen LogP contribution in [0.5, 0.6) is 0 Å². The number of esters is 1. The first kappa shape index (κ1) is 13.3. The average Bonchev–Trinajstić information content (AvgIpc) is 1.98. The fourth-order valence-electron chi connectivity index (χ4n) is 0.566. The topological polar surface area (TPSA) is 52.3 Å². The van der Waals surface area contributed by atoms with E-state index in [0.29, 0.717) is 12.8 Å². The second kappa shape index (κ2) is 7.75. The third-order valence-electron chi connectivity index (χ3n) is 1.15. The van der Waals surface area contributed by atoms with Crippen molar-refractivity contribution in [3.63, 3.8) is 0 Å². The molecule has 0 heterocycles. The van der Waals surface area contributed by atoms with Gasteiger partial charge in [0.15, 0.2) is 0 Å². The zero-order valence-corrected chi connectivity index (χ0v) is 7.20. The number of hydrogen-bond donors (Lipinski definition) is 1. The number of alkyl halides is 1. The summed E-state index contributed by atoms with van der Waals surface area (Å²) in [5.74, 6) is -0.478. The molecular formula is C6H13ClFNO2. The number of nitrogens with two attached hydrogens (primary N) is 1. The monoisotopic (exact) mass is 185 g/mol. The van der Waals surface area contributed by atoms with Crippen molar-refractivity contribution < 1.29 is 13.9 Å². The normalized spacial score (nSPS) is 11.5. The maximum absolute atomic E-state index is 11.5. The SMILES string of the molecule is COC(=O)C(N)CCCF.Cl. The maximum atomic E-state index is 11.5. The summed E-state index contributed by atoms with van der Waals surface area (Å²) < 4.78 is 15.8. The molecular weight excluding hydrogens is 173 g/mol. The Morgan fingerprint density at radius 3 is 2.64 bits per heavy atom. The van der Waals surface area contributed by atoms with Crippen molar-refractivity contribution in [1.29, 1.82) is 0 Å². The van der Waals surface area contributed by atoms with Gasteiger partial charge in [-0.05, 0) is 12.8 Å². The lowest BCUT2D eigenvalue weighted by Gasteiger charge is -2.06. The van der Waals surface area contributed by atoms with Gasteiger partial charge >= 0.3 is 5.97 Å². The summed E-state index contributed by atoms with van der Waals surface area (Å²) in [6, 6.07) is -0.666. The largest absolute Gasteiger partial charge is 0.468 e. The predicted octanol–water partition coefficient (Wildman–Crippen LogP) is 0.658. The second-order valence-electron chi connectivity index (χ2n) is 1.96. The molecule has 0 spiro atoms. The number of ether oxygens (including phenoxy) is 1. The van der Waals surface area contributed by atoms with Crippen LogP contribution in [-0.2, 0) is 9.53 Å². The maximum Gasteiger partial charge on any atom is 0.322 e. The lowest BCUT2D eigenvalue weighted by molar-refractivity contribution is -0.142. The molecule has 0 aromatic carbocycles. The summed E-state index contributed by atoms with van der Waals surface area (Å²) in [7, 11) is 1.26. The number of hydrogen-bond acceptors (Lipinski definition) is 3. The van der Waals surface area contributed by atoms with E-state index in [1.807, 2.05) is 0 Å². The first-order valence-corrected chi connectivity index (χ1v) is 3.11. The van der Waals surface area contributed by atoms with Crippen molar-refractivity contribution >= 4 is 18.4 Å². The summed E-state index contributed by atoms with van der Waals surface area (Å²) in [6.07, 6.45) is 0.666. The van der Waals surface area contributed by atoms with Gasteiger partial charge in [0.05, 0.1) is 13.8 Å². The number of rotatable bonds is 4. The summed E-state index contributed by atoms with van der Waals surface area (Å²) in [5, 5.41) is 0. The molecule has 0 aromatic rings. The van der Waals surface area contributed by atoms with Crippen LogP contribution < -0.4 is 5.73 Å². The van der Waals surface area contributed by atoms with Crippen LogP contribution in [0.25, 0.3) is 0 Å².